The summed E-state index contributed by atoms with van der Waals surface area (Å²) in [5, 5.41) is 0. The third-order valence-corrected chi connectivity index (χ3v) is 3.19. The van der Waals surface area contributed by atoms with Gasteiger partial charge in [-0.3, -0.25) is 4.98 Å². The molecule has 3 rings (SSSR count). The predicted octanol–water partition coefficient (Wildman–Crippen LogP) is 1.32. The highest BCUT2D eigenvalue weighted by atomic mass is 15.3. The summed E-state index contributed by atoms with van der Waals surface area (Å²) in [6.45, 7) is 1.83. The van der Waals surface area contributed by atoms with Gasteiger partial charge in [-0.1, -0.05) is 18.2 Å². The standard InChI is InChI=1S/C13H15N5/c14-17-13-8-15-11(7-16-13)9-18-6-5-10-3-1-2-4-12(10)18/h1-4,7-8H,5-6,9,14H2,(H,16,17). The Labute approximate surface area is 106 Å². The molecule has 2 aromatic rings. The van der Waals surface area contributed by atoms with Crippen LogP contribution >= 0.6 is 0 Å². The van der Waals surface area contributed by atoms with E-state index < -0.39 is 0 Å². The van der Waals surface area contributed by atoms with Crippen LogP contribution in [0.15, 0.2) is 36.7 Å². The van der Waals surface area contributed by atoms with Crippen LogP contribution < -0.4 is 16.2 Å². The van der Waals surface area contributed by atoms with Crippen LogP contribution in [-0.4, -0.2) is 16.5 Å². The number of benzene rings is 1. The zero-order valence-corrected chi connectivity index (χ0v) is 10.0. The fraction of sp³-hybridized carbons (Fsp3) is 0.231. The second kappa shape index (κ2) is 4.62. The number of aromatic nitrogens is 2. The number of nitrogens with two attached hydrogens (primary N) is 1. The van der Waals surface area contributed by atoms with Crippen LogP contribution in [-0.2, 0) is 13.0 Å². The summed E-state index contributed by atoms with van der Waals surface area (Å²) in [6.07, 6.45) is 4.51. The highest BCUT2D eigenvalue weighted by Crippen LogP contribution is 2.28. The SMILES string of the molecule is NNc1cnc(CN2CCc3ccccc32)cn1. The fourth-order valence-corrected chi connectivity index (χ4v) is 2.28. The van der Waals surface area contributed by atoms with Crippen LogP contribution in [0.5, 0.6) is 0 Å². The average molecular weight is 241 g/mol. The lowest BCUT2D eigenvalue weighted by Crippen LogP contribution is -2.20. The summed E-state index contributed by atoms with van der Waals surface area (Å²) in [5.74, 6) is 5.85. The first-order chi connectivity index (χ1) is 8.86. The Balaban J connectivity index is 1.77. The first-order valence-corrected chi connectivity index (χ1v) is 5.97. The number of anilines is 2. The van der Waals surface area contributed by atoms with E-state index in [9.17, 15) is 0 Å². The van der Waals surface area contributed by atoms with Crippen molar-refractivity contribution in [2.24, 2.45) is 5.84 Å². The lowest BCUT2D eigenvalue weighted by molar-refractivity contribution is 0.808. The minimum Gasteiger partial charge on any atom is -0.365 e. The molecule has 5 heteroatoms. The maximum absolute atomic E-state index is 5.26. The van der Waals surface area contributed by atoms with E-state index in [1.54, 1.807) is 12.4 Å². The zero-order valence-electron chi connectivity index (χ0n) is 10.0. The van der Waals surface area contributed by atoms with Crippen molar-refractivity contribution < 1.29 is 0 Å². The molecule has 3 N–H and O–H groups in total. The Kier molecular flexibility index (Phi) is 2.82. The molecule has 0 saturated heterocycles. The lowest BCUT2D eigenvalue weighted by Gasteiger charge is -2.18. The molecule has 0 saturated carbocycles. The zero-order chi connectivity index (χ0) is 12.4. The lowest BCUT2D eigenvalue weighted by atomic mass is 10.2. The number of hydrogen-bond donors (Lipinski definition) is 2. The summed E-state index contributed by atoms with van der Waals surface area (Å²) < 4.78 is 0. The van der Waals surface area contributed by atoms with Crippen molar-refractivity contribution >= 4 is 11.5 Å². The van der Waals surface area contributed by atoms with Crippen LogP contribution in [0.4, 0.5) is 11.5 Å². The monoisotopic (exact) mass is 241 g/mol. The third-order valence-electron chi connectivity index (χ3n) is 3.19. The third kappa shape index (κ3) is 2.00. The van der Waals surface area contributed by atoms with Crippen molar-refractivity contribution in [2.75, 3.05) is 16.9 Å². The predicted molar refractivity (Wildman–Crippen MR) is 71.0 cm³/mol. The minimum atomic E-state index is 0.584. The van der Waals surface area contributed by atoms with Gasteiger partial charge in [0.1, 0.15) is 0 Å². The fourth-order valence-electron chi connectivity index (χ4n) is 2.28. The number of para-hydroxylation sites is 1. The van der Waals surface area contributed by atoms with Crippen molar-refractivity contribution in [2.45, 2.75) is 13.0 Å². The molecule has 92 valence electrons. The number of nitrogens with zero attached hydrogens (tertiary/aromatic N) is 3. The van der Waals surface area contributed by atoms with Crippen molar-refractivity contribution in [1.82, 2.24) is 9.97 Å². The number of hydrazine groups is 1. The van der Waals surface area contributed by atoms with E-state index in [1.165, 1.54) is 11.3 Å². The normalized spacial score (nSPS) is 13.5. The van der Waals surface area contributed by atoms with E-state index in [1.807, 2.05) is 0 Å². The molecule has 0 unspecified atom stereocenters. The first-order valence-electron chi connectivity index (χ1n) is 5.97. The van der Waals surface area contributed by atoms with Gasteiger partial charge in [0.05, 0.1) is 24.6 Å². The maximum Gasteiger partial charge on any atom is 0.158 e. The van der Waals surface area contributed by atoms with Gasteiger partial charge in [0.2, 0.25) is 0 Å². The van der Waals surface area contributed by atoms with Crippen LogP contribution in [0.2, 0.25) is 0 Å². The van der Waals surface area contributed by atoms with Crippen LogP contribution in [0.25, 0.3) is 0 Å². The molecular formula is C13H15N5. The average Bonchev–Trinajstić information content (AvgIpc) is 2.83. The Hall–Kier alpha value is -2.14. The highest BCUT2D eigenvalue weighted by Gasteiger charge is 2.18. The molecule has 1 aromatic carbocycles. The smallest absolute Gasteiger partial charge is 0.158 e. The van der Waals surface area contributed by atoms with Crippen molar-refractivity contribution in [3.05, 3.63) is 47.9 Å². The number of fused-ring (bicyclic) bond motifs is 1. The van der Waals surface area contributed by atoms with Gasteiger partial charge < -0.3 is 10.3 Å². The van der Waals surface area contributed by atoms with E-state index in [2.05, 4.69) is 44.6 Å². The Morgan fingerprint density at radius 3 is 2.89 bits per heavy atom. The summed E-state index contributed by atoms with van der Waals surface area (Å²) in [4.78, 5) is 10.8. The molecule has 18 heavy (non-hydrogen) atoms. The van der Waals surface area contributed by atoms with Gasteiger partial charge in [-0.25, -0.2) is 10.8 Å². The molecule has 0 spiro atoms. The van der Waals surface area contributed by atoms with E-state index >= 15 is 0 Å². The number of hydrogen-bond acceptors (Lipinski definition) is 5. The molecule has 0 aliphatic carbocycles. The minimum absolute atomic E-state index is 0.584. The summed E-state index contributed by atoms with van der Waals surface area (Å²) in [6, 6.07) is 8.50. The van der Waals surface area contributed by atoms with E-state index in [0.717, 1.165) is 25.2 Å². The number of nitrogens with one attached hydrogen (secondary N) is 1. The van der Waals surface area contributed by atoms with Crippen molar-refractivity contribution in [3.63, 3.8) is 0 Å². The Bertz CT molecular complexity index is 537. The topological polar surface area (TPSA) is 67.1 Å². The van der Waals surface area contributed by atoms with Crippen LogP contribution in [0.3, 0.4) is 0 Å². The summed E-state index contributed by atoms with van der Waals surface area (Å²) in [7, 11) is 0. The maximum atomic E-state index is 5.26. The molecule has 0 radical (unpaired) electrons. The molecule has 1 aliphatic heterocycles. The molecule has 0 fully saturated rings. The van der Waals surface area contributed by atoms with Gasteiger partial charge in [0.15, 0.2) is 5.82 Å². The summed E-state index contributed by atoms with van der Waals surface area (Å²) in [5.41, 5.74) is 6.14. The number of nitrogen functional groups attached to an aromatic ring is 1. The van der Waals surface area contributed by atoms with Gasteiger partial charge in [-0.15, -0.1) is 0 Å². The second-order valence-corrected chi connectivity index (χ2v) is 4.34. The molecule has 0 atom stereocenters. The molecule has 1 aromatic heterocycles. The van der Waals surface area contributed by atoms with E-state index in [-0.39, 0.29) is 0 Å². The van der Waals surface area contributed by atoms with Crippen molar-refractivity contribution in [3.8, 4) is 0 Å². The first kappa shape index (κ1) is 11.0. The molecule has 0 bridgehead atoms. The van der Waals surface area contributed by atoms with Crippen LogP contribution in [0, 0.1) is 0 Å². The second-order valence-electron chi connectivity index (χ2n) is 4.34. The molecule has 5 nitrogen and oxygen atoms in total. The molecule has 1 aliphatic rings. The molecular weight excluding hydrogens is 226 g/mol. The van der Waals surface area contributed by atoms with Crippen LogP contribution in [0.1, 0.15) is 11.3 Å². The van der Waals surface area contributed by atoms with Gasteiger partial charge in [-0.05, 0) is 18.1 Å². The highest BCUT2D eigenvalue weighted by molar-refractivity contribution is 5.57. The quantitative estimate of drug-likeness (QED) is 0.626. The van der Waals surface area contributed by atoms with Gasteiger partial charge in [0, 0.05) is 12.2 Å². The molecule has 0 amide bonds. The Morgan fingerprint density at radius 2 is 2.11 bits per heavy atom. The van der Waals surface area contributed by atoms with Gasteiger partial charge in [0.25, 0.3) is 0 Å². The van der Waals surface area contributed by atoms with E-state index in [0.29, 0.717) is 5.82 Å². The molecule has 2 heterocycles. The van der Waals surface area contributed by atoms with E-state index in [4.69, 9.17) is 5.84 Å². The van der Waals surface area contributed by atoms with Gasteiger partial charge >= 0.3 is 0 Å². The number of rotatable bonds is 3. The Morgan fingerprint density at radius 1 is 1.22 bits per heavy atom. The van der Waals surface area contributed by atoms with Gasteiger partial charge in [-0.2, -0.15) is 0 Å². The largest absolute Gasteiger partial charge is 0.365 e. The summed E-state index contributed by atoms with van der Waals surface area (Å²) >= 11 is 0. The van der Waals surface area contributed by atoms with Crippen molar-refractivity contribution in [1.29, 1.82) is 0 Å².